The van der Waals surface area contributed by atoms with E-state index in [1.165, 1.54) is 37.8 Å². The summed E-state index contributed by atoms with van der Waals surface area (Å²) in [6.07, 6.45) is 5.06. The molecular weight excluding hydrogens is 325 g/mol. The molecule has 23 heavy (non-hydrogen) atoms. The van der Waals surface area contributed by atoms with Crippen LogP contribution in [-0.4, -0.2) is 17.5 Å². The molecule has 2 aromatic carbocycles. The molecular formula is C20H21Cl2N. The largest absolute Gasteiger partial charge is 0.296 e. The Balaban J connectivity index is 1.58. The molecule has 1 aliphatic carbocycles. The number of halogens is 2. The van der Waals surface area contributed by atoms with Gasteiger partial charge in [0, 0.05) is 19.1 Å². The van der Waals surface area contributed by atoms with E-state index in [0.717, 1.165) is 12.5 Å². The number of fused-ring (bicyclic) bond motifs is 2. The number of hydrogen-bond acceptors (Lipinski definition) is 1. The molecule has 0 radical (unpaired) electrons. The SMILES string of the molecule is Clc1ccc(CN2C[C@@H]3CC[C@H]2Cc2ccccc2C3)cc1Cl. The van der Waals surface area contributed by atoms with E-state index in [1.807, 2.05) is 12.1 Å². The first-order chi connectivity index (χ1) is 11.2. The van der Waals surface area contributed by atoms with Crippen molar-refractivity contribution in [2.24, 2.45) is 5.92 Å². The summed E-state index contributed by atoms with van der Waals surface area (Å²) >= 11 is 12.2. The van der Waals surface area contributed by atoms with Gasteiger partial charge in [0.1, 0.15) is 0 Å². The molecule has 2 bridgehead atoms. The molecule has 0 amide bonds. The highest BCUT2D eigenvalue weighted by molar-refractivity contribution is 6.42. The molecule has 1 nitrogen and oxygen atoms in total. The lowest BCUT2D eigenvalue weighted by molar-refractivity contribution is 0.0938. The molecule has 5 rings (SSSR count). The number of rotatable bonds is 2. The topological polar surface area (TPSA) is 3.24 Å². The molecule has 1 saturated heterocycles. The summed E-state index contributed by atoms with van der Waals surface area (Å²) in [5.74, 6) is 0.774. The van der Waals surface area contributed by atoms with E-state index in [-0.39, 0.29) is 0 Å². The Morgan fingerprint density at radius 3 is 2.48 bits per heavy atom. The average Bonchev–Trinajstić information content (AvgIpc) is 2.52. The summed E-state index contributed by atoms with van der Waals surface area (Å²) in [6, 6.07) is 15.7. The zero-order valence-corrected chi connectivity index (χ0v) is 14.7. The smallest absolute Gasteiger partial charge is 0.0595 e. The van der Waals surface area contributed by atoms with Gasteiger partial charge in [-0.1, -0.05) is 53.5 Å². The van der Waals surface area contributed by atoms with Crippen molar-refractivity contribution < 1.29 is 0 Å². The zero-order chi connectivity index (χ0) is 15.8. The molecule has 120 valence electrons. The number of hydrogen-bond donors (Lipinski definition) is 0. The fourth-order valence-electron chi connectivity index (χ4n) is 4.17. The molecule has 0 N–H and O–H groups in total. The monoisotopic (exact) mass is 345 g/mol. The Labute approximate surface area is 148 Å². The first-order valence-electron chi connectivity index (χ1n) is 8.44. The first-order valence-corrected chi connectivity index (χ1v) is 9.19. The van der Waals surface area contributed by atoms with E-state index in [4.69, 9.17) is 23.2 Å². The van der Waals surface area contributed by atoms with Gasteiger partial charge in [0.2, 0.25) is 0 Å². The van der Waals surface area contributed by atoms with Gasteiger partial charge in [-0.05, 0) is 60.4 Å². The molecule has 2 heterocycles. The minimum Gasteiger partial charge on any atom is -0.296 e. The molecule has 0 spiro atoms. The molecule has 0 saturated carbocycles. The van der Waals surface area contributed by atoms with Crippen molar-refractivity contribution in [2.45, 2.75) is 38.3 Å². The van der Waals surface area contributed by atoms with Crippen molar-refractivity contribution in [1.82, 2.24) is 4.90 Å². The van der Waals surface area contributed by atoms with Crippen LogP contribution in [-0.2, 0) is 19.4 Å². The summed E-state index contributed by atoms with van der Waals surface area (Å²) in [4.78, 5) is 2.66. The standard InChI is InChI=1S/C20H21Cl2N/c21-19-8-6-15(10-20(19)22)13-23-12-14-5-7-18(23)11-17-4-2-1-3-16(17)9-14/h1-4,6,8,10,14,18H,5,7,9,11-13H2/t14-,18+/m1/s1. The minimum atomic E-state index is 0.638. The highest BCUT2D eigenvalue weighted by Crippen LogP contribution is 2.33. The second-order valence-electron chi connectivity index (χ2n) is 6.95. The molecule has 0 aromatic heterocycles. The van der Waals surface area contributed by atoms with Crippen LogP contribution in [0.5, 0.6) is 0 Å². The van der Waals surface area contributed by atoms with Crippen LogP contribution in [0, 0.1) is 5.92 Å². The summed E-state index contributed by atoms with van der Waals surface area (Å²) in [6.45, 7) is 2.17. The van der Waals surface area contributed by atoms with Gasteiger partial charge in [0.05, 0.1) is 10.0 Å². The Morgan fingerprint density at radius 2 is 1.70 bits per heavy atom. The van der Waals surface area contributed by atoms with Gasteiger partial charge in [0.25, 0.3) is 0 Å². The molecule has 2 aliphatic heterocycles. The van der Waals surface area contributed by atoms with Crippen molar-refractivity contribution in [1.29, 1.82) is 0 Å². The Hall–Kier alpha value is -1.02. The maximum Gasteiger partial charge on any atom is 0.0595 e. The van der Waals surface area contributed by atoms with Crippen LogP contribution in [0.15, 0.2) is 42.5 Å². The highest BCUT2D eigenvalue weighted by atomic mass is 35.5. The molecule has 3 aliphatic rings. The van der Waals surface area contributed by atoms with Crippen LogP contribution < -0.4 is 0 Å². The Kier molecular flexibility index (Phi) is 4.36. The molecule has 2 aromatic rings. The lowest BCUT2D eigenvalue weighted by atomic mass is 9.80. The number of benzene rings is 2. The molecule has 0 unspecified atom stereocenters. The van der Waals surface area contributed by atoms with Crippen LogP contribution in [0.25, 0.3) is 0 Å². The quantitative estimate of drug-likeness (QED) is 0.706. The van der Waals surface area contributed by atoms with Gasteiger partial charge < -0.3 is 0 Å². The average molecular weight is 346 g/mol. The number of nitrogens with zero attached hydrogens (tertiary/aromatic N) is 1. The molecule has 2 atom stereocenters. The van der Waals surface area contributed by atoms with Gasteiger partial charge in [-0.15, -0.1) is 0 Å². The zero-order valence-electron chi connectivity index (χ0n) is 13.1. The van der Waals surface area contributed by atoms with E-state index >= 15 is 0 Å². The van der Waals surface area contributed by atoms with Crippen LogP contribution in [0.2, 0.25) is 10.0 Å². The summed E-state index contributed by atoms with van der Waals surface area (Å²) < 4.78 is 0. The minimum absolute atomic E-state index is 0.638. The van der Waals surface area contributed by atoms with Crippen LogP contribution >= 0.6 is 23.2 Å². The third-order valence-electron chi connectivity index (χ3n) is 5.37. The van der Waals surface area contributed by atoms with Crippen molar-refractivity contribution in [3.63, 3.8) is 0 Å². The fourth-order valence-corrected chi connectivity index (χ4v) is 4.49. The van der Waals surface area contributed by atoms with Crippen molar-refractivity contribution in [3.8, 4) is 0 Å². The third-order valence-corrected chi connectivity index (χ3v) is 6.11. The van der Waals surface area contributed by atoms with E-state index < -0.39 is 0 Å². The highest BCUT2D eigenvalue weighted by Gasteiger charge is 2.31. The number of piperidine rings is 1. The Morgan fingerprint density at radius 1 is 0.913 bits per heavy atom. The lowest BCUT2D eigenvalue weighted by Gasteiger charge is -2.42. The molecule has 3 heteroatoms. The van der Waals surface area contributed by atoms with E-state index in [2.05, 4.69) is 35.2 Å². The van der Waals surface area contributed by atoms with Crippen LogP contribution in [0.3, 0.4) is 0 Å². The van der Waals surface area contributed by atoms with E-state index in [9.17, 15) is 0 Å². The normalized spacial score (nSPS) is 24.1. The van der Waals surface area contributed by atoms with Crippen LogP contribution in [0.1, 0.15) is 29.5 Å². The van der Waals surface area contributed by atoms with Gasteiger partial charge in [0.15, 0.2) is 0 Å². The van der Waals surface area contributed by atoms with Gasteiger partial charge in [-0.3, -0.25) is 4.90 Å². The maximum absolute atomic E-state index is 6.19. The first kappa shape index (κ1) is 15.5. The summed E-state index contributed by atoms with van der Waals surface area (Å²) in [7, 11) is 0. The van der Waals surface area contributed by atoms with Crippen LogP contribution in [0.4, 0.5) is 0 Å². The lowest BCUT2D eigenvalue weighted by Crippen LogP contribution is -2.46. The third kappa shape index (κ3) is 3.28. The van der Waals surface area contributed by atoms with Gasteiger partial charge >= 0.3 is 0 Å². The van der Waals surface area contributed by atoms with E-state index in [0.29, 0.717) is 16.1 Å². The fraction of sp³-hybridized carbons (Fsp3) is 0.400. The van der Waals surface area contributed by atoms with Gasteiger partial charge in [-0.25, -0.2) is 0 Å². The second kappa shape index (κ2) is 6.47. The van der Waals surface area contributed by atoms with Gasteiger partial charge in [-0.2, -0.15) is 0 Å². The Bertz CT molecular complexity index is 713. The van der Waals surface area contributed by atoms with Crippen molar-refractivity contribution in [2.75, 3.05) is 6.54 Å². The summed E-state index contributed by atoms with van der Waals surface area (Å²) in [5, 5.41) is 1.30. The summed E-state index contributed by atoms with van der Waals surface area (Å²) in [5.41, 5.74) is 4.37. The molecule has 1 fully saturated rings. The maximum atomic E-state index is 6.19. The van der Waals surface area contributed by atoms with Crippen molar-refractivity contribution in [3.05, 3.63) is 69.2 Å². The van der Waals surface area contributed by atoms with E-state index in [1.54, 1.807) is 11.1 Å². The predicted octanol–water partition coefficient (Wildman–Crippen LogP) is 5.37. The predicted molar refractivity (Wildman–Crippen MR) is 97.2 cm³/mol. The van der Waals surface area contributed by atoms with Crippen molar-refractivity contribution >= 4 is 23.2 Å². The second-order valence-corrected chi connectivity index (χ2v) is 7.77.